The Hall–Kier alpha value is -1.54. The van der Waals surface area contributed by atoms with E-state index in [1.165, 1.54) is 22.5 Å². The molecule has 0 saturated carbocycles. The Morgan fingerprint density at radius 2 is 1.81 bits per heavy atom. The van der Waals surface area contributed by atoms with Crippen molar-refractivity contribution in [2.24, 2.45) is 0 Å². The first kappa shape index (κ1) is 19.2. The molecule has 0 spiro atoms. The van der Waals surface area contributed by atoms with E-state index in [9.17, 15) is 13.2 Å². The zero-order chi connectivity index (χ0) is 18.9. The van der Waals surface area contributed by atoms with E-state index in [0.29, 0.717) is 11.4 Å². The van der Waals surface area contributed by atoms with Crippen molar-refractivity contribution >= 4 is 39.1 Å². The molecule has 6 nitrogen and oxygen atoms in total. The van der Waals surface area contributed by atoms with Crippen molar-refractivity contribution in [3.63, 3.8) is 0 Å². The minimum atomic E-state index is -3.77. The second-order valence-electron chi connectivity index (χ2n) is 5.89. The molecule has 1 aliphatic heterocycles. The van der Waals surface area contributed by atoms with Crippen LogP contribution in [0.2, 0.25) is 10.0 Å². The SMILES string of the molecule is CCc1ccc(C(=O)N2CCN(S(=O)(=O)c3cc(Cl)ccc3Cl)CC2)o1. The Labute approximate surface area is 162 Å². The lowest BCUT2D eigenvalue weighted by Gasteiger charge is -2.33. The summed E-state index contributed by atoms with van der Waals surface area (Å²) in [6.45, 7) is 2.85. The highest BCUT2D eigenvalue weighted by atomic mass is 35.5. The Morgan fingerprint density at radius 3 is 2.42 bits per heavy atom. The summed E-state index contributed by atoms with van der Waals surface area (Å²) in [5.74, 6) is 0.781. The van der Waals surface area contributed by atoms with E-state index in [4.69, 9.17) is 27.6 Å². The summed E-state index contributed by atoms with van der Waals surface area (Å²) in [6, 6.07) is 7.75. The molecule has 1 aromatic carbocycles. The molecule has 0 aliphatic carbocycles. The van der Waals surface area contributed by atoms with E-state index in [2.05, 4.69) is 0 Å². The number of piperazine rings is 1. The van der Waals surface area contributed by atoms with Crippen LogP contribution in [0.5, 0.6) is 0 Å². The fourth-order valence-electron chi connectivity index (χ4n) is 2.78. The standard InChI is InChI=1S/C17H18Cl2N2O4S/c1-2-13-4-6-15(25-13)17(22)20-7-9-21(10-8-20)26(23,24)16-11-12(18)3-5-14(16)19/h3-6,11H,2,7-10H2,1H3. The molecule has 0 atom stereocenters. The van der Waals surface area contributed by atoms with Gasteiger partial charge in [0, 0.05) is 37.6 Å². The third kappa shape index (κ3) is 3.76. The van der Waals surface area contributed by atoms with Gasteiger partial charge >= 0.3 is 0 Å². The number of hydrogen-bond acceptors (Lipinski definition) is 4. The number of amides is 1. The van der Waals surface area contributed by atoms with Crippen molar-refractivity contribution < 1.29 is 17.6 Å². The molecule has 1 fully saturated rings. The smallest absolute Gasteiger partial charge is 0.289 e. The number of sulfonamides is 1. The third-order valence-electron chi connectivity index (χ3n) is 4.26. The van der Waals surface area contributed by atoms with Crippen LogP contribution in [0, 0.1) is 0 Å². The number of aryl methyl sites for hydroxylation is 1. The maximum Gasteiger partial charge on any atom is 0.289 e. The molecule has 1 aromatic heterocycles. The molecule has 1 amide bonds. The van der Waals surface area contributed by atoms with Gasteiger partial charge < -0.3 is 9.32 Å². The van der Waals surface area contributed by atoms with E-state index in [1.807, 2.05) is 6.92 Å². The summed E-state index contributed by atoms with van der Waals surface area (Å²) in [7, 11) is -3.77. The first-order valence-electron chi connectivity index (χ1n) is 8.16. The number of halogens is 2. The summed E-state index contributed by atoms with van der Waals surface area (Å²) < 4.78 is 32.4. The molecule has 0 N–H and O–H groups in total. The predicted octanol–water partition coefficient (Wildman–Crippen LogP) is 3.30. The summed E-state index contributed by atoms with van der Waals surface area (Å²) in [5, 5.41) is 0.418. The van der Waals surface area contributed by atoms with Gasteiger partial charge in [-0.05, 0) is 30.3 Å². The lowest BCUT2D eigenvalue weighted by molar-refractivity contribution is 0.0664. The number of carbonyl (C=O) groups excluding carboxylic acids is 1. The van der Waals surface area contributed by atoms with Crippen LogP contribution >= 0.6 is 23.2 Å². The average molecular weight is 417 g/mol. The van der Waals surface area contributed by atoms with Crippen LogP contribution in [0.15, 0.2) is 39.6 Å². The second-order valence-corrected chi connectivity index (χ2v) is 8.64. The number of nitrogens with zero attached hydrogens (tertiary/aromatic N) is 2. The van der Waals surface area contributed by atoms with Crippen LogP contribution in [-0.4, -0.2) is 49.7 Å². The van der Waals surface area contributed by atoms with Gasteiger partial charge in [0.15, 0.2) is 5.76 Å². The normalized spacial score (nSPS) is 16.0. The second kappa shape index (κ2) is 7.60. The first-order valence-corrected chi connectivity index (χ1v) is 10.4. The Bertz CT molecular complexity index is 919. The van der Waals surface area contributed by atoms with Gasteiger partial charge in [0.2, 0.25) is 10.0 Å². The molecule has 0 unspecified atom stereocenters. The summed E-state index contributed by atoms with van der Waals surface area (Å²) >= 11 is 11.9. The van der Waals surface area contributed by atoms with E-state index in [0.717, 1.165) is 5.76 Å². The molecule has 0 bridgehead atoms. The molecule has 140 valence electrons. The van der Waals surface area contributed by atoms with Gasteiger partial charge in [-0.15, -0.1) is 0 Å². The van der Waals surface area contributed by atoms with E-state index >= 15 is 0 Å². The molecule has 9 heteroatoms. The maximum absolute atomic E-state index is 12.8. The quantitative estimate of drug-likeness (QED) is 0.766. The largest absolute Gasteiger partial charge is 0.456 e. The fraction of sp³-hybridized carbons (Fsp3) is 0.353. The van der Waals surface area contributed by atoms with Crippen LogP contribution < -0.4 is 0 Å². The minimum absolute atomic E-state index is 0.0231. The fourth-order valence-corrected chi connectivity index (χ4v) is 4.94. The van der Waals surface area contributed by atoms with Crippen molar-refractivity contribution in [1.82, 2.24) is 9.21 Å². The lowest BCUT2D eigenvalue weighted by atomic mass is 10.3. The van der Waals surface area contributed by atoms with Gasteiger partial charge in [0.05, 0.1) is 5.02 Å². The van der Waals surface area contributed by atoms with Gasteiger partial charge in [0.1, 0.15) is 10.7 Å². The molecular weight excluding hydrogens is 399 g/mol. The highest BCUT2D eigenvalue weighted by molar-refractivity contribution is 7.89. The molecule has 2 heterocycles. The van der Waals surface area contributed by atoms with Gasteiger partial charge in [-0.2, -0.15) is 4.31 Å². The van der Waals surface area contributed by atoms with Crippen LogP contribution in [0.1, 0.15) is 23.2 Å². The highest BCUT2D eigenvalue weighted by Gasteiger charge is 2.32. The van der Waals surface area contributed by atoms with Crippen LogP contribution in [-0.2, 0) is 16.4 Å². The highest BCUT2D eigenvalue weighted by Crippen LogP contribution is 2.28. The number of rotatable bonds is 4. The molecule has 2 aromatic rings. The summed E-state index contributed by atoms with van der Waals surface area (Å²) in [5.41, 5.74) is 0. The average Bonchev–Trinajstić information content (AvgIpc) is 3.12. The van der Waals surface area contributed by atoms with E-state index in [1.54, 1.807) is 17.0 Å². The van der Waals surface area contributed by atoms with Gasteiger partial charge in [-0.3, -0.25) is 4.79 Å². The van der Waals surface area contributed by atoms with Gasteiger partial charge in [-0.1, -0.05) is 30.1 Å². The van der Waals surface area contributed by atoms with Crippen molar-refractivity contribution in [1.29, 1.82) is 0 Å². The molecular formula is C17H18Cl2N2O4S. The molecule has 1 aliphatic rings. The van der Waals surface area contributed by atoms with Crippen molar-refractivity contribution in [2.75, 3.05) is 26.2 Å². The van der Waals surface area contributed by atoms with Crippen LogP contribution in [0.3, 0.4) is 0 Å². The minimum Gasteiger partial charge on any atom is -0.456 e. The van der Waals surface area contributed by atoms with Crippen LogP contribution in [0.25, 0.3) is 0 Å². The number of furan rings is 1. The van der Waals surface area contributed by atoms with Gasteiger partial charge in [-0.25, -0.2) is 8.42 Å². The Morgan fingerprint density at radius 1 is 1.12 bits per heavy atom. The molecule has 0 radical (unpaired) electrons. The van der Waals surface area contributed by atoms with Gasteiger partial charge in [0.25, 0.3) is 5.91 Å². The van der Waals surface area contributed by atoms with Crippen molar-refractivity contribution in [3.8, 4) is 0 Å². The Balaban J connectivity index is 1.71. The summed E-state index contributed by atoms with van der Waals surface area (Å²) in [4.78, 5) is 14.0. The zero-order valence-corrected chi connectivity index (χ0v) is 16.4. The van der Waals surface area contributed by atoms with Crippen molar-refractivity contribution in [2.45, 2.75) is 18.2 Å². The topological polar surface area (TPSA) is 70.8 Å². The molecule has 3 rings (SSSR count). The Kier molecular flexibility index (Phi) is 5.62. The predicted molar refractivity (Wildman–Crippen MR) is 99.2 cm³/mol. The third-order valence-corrected chi connectivity index (χ3v) is 6.87. The summed E-state index contributed by atoms with van der Waals surface area (Å²) in [6.07, 6.45) is 0.708. The lowest BCUT2D eigenvalue weighted by Crippen LogP contribution is -2.50. The van der Waals surface area contributed by atoms with E-state index < -0.39 is 10.0 Å². The van der Waals surface area contributed by atoms with Crippen LogP contribution in [0.4, 0.5) is 0 Å². The number of hydrogen-bond donors (Lipinski definition) is 0. The molecule has 1 saturated heterocycles. The first-order chi connectivity index (χ1) is 12.3. The maximum atomic E-state index is 12.8. The molecule has 26 heavy (non-hydrogen) atoms. The van der Waals surface area contributed by atoms with E-state index in [-0.39, 0.29) is 47.8 Å². The zero-order valence-electron chi connectivity index (χ0n) is 14.1. The monoisotopic (exact) mass is 416 g/mol. The van der Waals surface area contributed by atoms with Crippen molar-refractivity contribution in [3.05, 3.63) is 51.9 Å². The number of benzene rings is 1. The number of carbonyl (C=O) groups is 1.